The van der Waals surface area contributed by atoms with Crippen molar-refractivity contribution in [2.75, 3.05) is 38.5 Å². The highest BCUT2D eigenvalue weighted by Gasteiger charge is 2.27. The van der Waals surface area contributed by atoms with Crippen molar-refractivity contribution in [1.82, 2.24) is 14.8 Å². The fraction of sp³-hybridized carbons (Fsp3) is 0.571. The Bertz CT molecular complexity index is 449. The number of nitrogens with zero attached hydrogens (tertiary/aromatic N) is 3. The number of hydrogen-bond acceptors (Lipinski definition) is 4. The van der Waals surface area contributed by atoms with Gasteiger partial charge in [-0.3, -0.25) is 14.7 Å². The second kappa shape index (κ2) is 6.02. The summed E-state index contributed by atoms with van der Waals surface area (Å²) in [5.41, 5.74) is 1.49. The molecule has 1 atom stereocenters. The monoisotopic (exact) mass is 262 g/mol. The number of carbonyl (C=O) groups is 1. The minimum absolute atomic E-state index is 0.0695. The zero-order chi connectivity index (χ0) is 13.8. The molecular weight excluding hydrogens is 240 g/mol. The van der Waals surface area contributed by atoms with Crippen molar-refractivity contribution in [3.63, 3.8) is 0 Å². The summed E-state index contributed by atoms with van der Waals surface area (Å²) >= 11 is 0. The Hall–Kier alpha value is -1.62. The SMILES string of the molecule is CCN1CCN(C(=O)c2cnccc2NC)CC1C. The number of nitrogens with one attached hydrogen (secondary N) is 1. The number of piperazine rings is 1. The van der Waals surface area contributed by atoms with Gasteiger partial charge in [-0.05, 0) is 19.5 Å². The van der Waals surface area contributed by atoms with Crippen LogP contribution >= 0.6 is 0 Å². The first-order valence-electron chi connectivity index (χ1n) is 6.82. The maximum absolute atomic E-state index is 12.5. The Balaban J connectivity index is 2.12. The molecule has 0 spiro atoms. The third kappa shape index (κ3) is 2.87. The van der Waals surface area contributed by atoms with E-state index in [-0.39, 0.29) is 5.91 Å². The zero-order valence-corrected chi connectivity index (χ0v) is 11.9. The molecule has 0 aliphatic carbocycles. The Kier molecular flexibility index (Phi) is 4.37. The van der Waals surface area contributed by atoms with E-state index >= 15 is 0 Å². The lowest BCUT2D eigenvalue weighted by Gasteiger charge is -2.39. The summed E-state index contributed by atoms with van der Waals surface area (Å²) in [6.07, 6.45) is 3.34. The molecule has 5 nitrogen and oxygen atoms in total. The summed E-state index contributed by atoms with van der Waals surface area (Å²) in [6.45, 7) is 7.88. The van der Waals surface area contributed by atoms with Crippen molar-refractivity contribution >= 4 is 11.6 Å². The summed E-state index contributed by atoms with van der Waals surface area (Å²) < 4.78 is 0. The van der Waals surface area contributed by atoms with Gasteiger partial charge in [0.05, 0.1) is 5.56 Å². The first kappa shape index (κ1) is 13.8. The van der Waals surface area contributed by atoms with Crippen LogP contribution in [0.5, 0.6) is 0 Å². The predicted octanol–water partition coefficient (Wildman–Crippen LogP) is 1.29. The van der Waals surface area contributed by atoms with Crippen LogP contribution in [-0.2, 0) is 0 Å². The number of pyridine rings is 1. The molecular formula is C14H22N4O. The zero-order valence-electron chi connectivity index (χ0n) is 11.9. The van der Waals surface area contributed by atoms with E-state index in [2.05, 4.69) is 29.0 Å². The lowest BCUT2D eigenvalue weighted by molar-refractivity contribution is 0.0529. The van der Waals surface area contributed by atoms with Crippen molar-refractivity contribution in [2.45, 2.75) is 19.9 Å². The fourth-order valence-corrected chi connectivity index (χ4v) is 2.60. The van der Waals surface area contributed by atoms with Gasteiger partial charge in [0.25, 0.3) is 5.91 Å². The van der Waals surface area contributed by atoms with Gasteiger partial charge in [-0.25, -0.2) is 0 Å². The van der Waals surface area contributed by atoms with Crippen molar-refractivity contribution < 1.29 is 4.79 Å². The van der Waals surface area contributed by atoms with Crippen LogP contribution in [0.4, 0.5) is 5.69 Å². The molecule has 0 aromatic carbocycles. The molecule has 1 unspecified atom stereocenters. The summed E-state index contributed by atoms with van der Waals surface area (Å²) in [5.74, 6) is 0.0695. The molecule has 1 amide bonds. The fourth-order valence-electron chi connectivity index (χ4n) is 2.60. The topological polar surface area (TPSA) is 48.5 Å². The van der Waals surface area contributed by atoms with E-state index in [1.807, 2.05) is 18.0 Å². The van der Waals surface area contributed by atoms with Crippen LogP contribution in [0.3, 0.4) is 0 Å². The van der Waals surface area contributed by atoms with Crippen LogP contribution in [0.1, 0.15) is 24.2 Å². The molecule has 104 valence electrons. The minimum atomic E-state index is 0.0695. The van der Waals surface area contributed by atoms with Crippen molar-refractivity contribution in [3.05, 3.63) is 24.0 Å². The molecule has 0 saturated carbocycles. The molecule has 1 aromatic heterocycles. The molecule has 1 aliphatic heterocycles. The molecule has 2 rings (SSSR count). The first-order chi connectivity index (χ1) is 9.17. The largest absolute Gasteiger partial charge is 0.387 e. The highest BCUT2D eigenvalue weighted by atomic mass is 16.2. The second-order valence-corrected chi connectivity index (χ2v) is 4.90. The van der Waals surface area contributed by atoms with E-state index in [1.165, 1.54) is 0 Å². The number of anilines is 1. The normalized spacial score (nSPS) is 20.4. The predicted molar refractivity (Wildman–Crippen MR) is 76.4 cm³/mol. The van der Waals surface area contributed by atoms with E-state index in [0.717, 1.165) is 31.9 Å². The van der Waals surface area contributed by atoms with E-state index in [9.17, 15) is 4.79 Å². The average Bonchev–Trinajstić information content (AvgIpc) is 2.46. The molecule has 1 N–H and O–H groups in total. The van der Waals surface area contributed by atoms with Crippen LogP contribution in [0.25, 0.3) is 0 Å². The van der Waals surface area contributed by atoms with Gasteiger partial charge in [0.15, 0.2) is 0 Å². The Morgan fingerprint density at radius 1 is 1.53 bits per heavy atom. The van der Waals surface area contributed by atoms with Gasteiger partial charge in [0.1, 0.15) is 0 Å². The second-order valence-electron chi connectivity index (χ2n) is 4.90. The molecule has 1 saturated heterocycles. The number of hydrogen-bond donors (Lipinski definition) is 1. The maximum Gasteiger partial charge on any atom is 0.257 e. The molecule has 19 heavy (non-hydrogen) atoms. The highest BCUT2D eigenvalue weighted by molar-refractivity contribution is 5.99. The quantitative estimate of drug-likeness (QED) is 0.891. The van der Waals surface area contributed by atoms with Gasteiger partial charge >= 0.3 is 0 Å². The smallest absolute Gasteiger partial charge is 0.257 e. The highest BCUT2D eigenvalue weighted by Crippen LogP contribution is 2.18. The molecule has 2 heterocycles. The molecule has 1 fully saturated rings. The number of likely N-dealkylation sites (N-methyl/N-ethyl adjacent to an activating group) is 1. The van der Waals surface area contributed by atoms with Gasteiger partial charge in [-0.15, -0.1) is 0 Å². The van der Waals surface area contributed by atoms with Crippen molar-refractivity contribution in [2.24, 2.45) is 0 Å². The summed E-state index contributed by atoms with van der Waals surface area (Å²) in [7, 11) is 1.82. The minimum Gasteiger partial charge on any atom is -0.387 e. The van der Waals surface area contributed by atoms with Crippen LogP contribution in [0, 0.1) is 0 Å². The van der Waals surface area contributed by atoms with Gasteiger partial charge in [-0.1, -0.05) is 6.92 Å². The lowest BCUT2D eigenvalue weighted by Crippen LogP contribution is -2.53. The van der Waals surface area contributed by atoms with E-state index in [0.29, 0.717) is 11.6 Å². The Morgan fingerprint density at radius 2 is 2.32 bits per heavy atom. The van der Waals surface area contributed by atoms with Crippen molar-refractivity contribution in [3.8, 4) is 0 Å². The Labute approximate surface area is 114 Å². The lowest BCUT2D eigenvalue weighted by atomic mass is 10.1. The van der Waals surface area contributed by atoms with Crippen LogP contribution < -0.4 is 5.32 Å². The molecule has 5 heteroatoms. The molecule has 1 aliphatic rings. The first-order valence-corrected chi connectivity index (χ1v) is 6.82. The van der Waals surface area contributed by atoms with Crippen LogP contribution in [-0.4, -0.2) is 60.0 Å². The molecule has 0 bridgehead atoms. The van der Waals surface area contributed by atoms with Gasteiger partial charge < -0.3 is 10.2 Å². The number of aromatic nitrogens is 1. The number of amides is 1. The average molecular weight is 262 g/mol. The van der Waals surface area contributed by atoms with Crippen LogP contribution in [0.15, 0.2) is 18.5 Å². The summed E-state index contributed by atoms with van der Waals surface area (Å²) in [6, 6.07) is 2.25. The van der Waals surface area contributed by atoms with Gasteiger partial charge in [0, 0.05) is 50.8 Å². The number of carbonyl (C=O) groups excluding carboxylic acids is 1. The van der Waals surface area contributed by atoms with Gasteiger partial charge in [-0.2, -0.15) is 0 Å². The van der Waals surface area contributed by atoms with Crippen LogP contribution in [0.2, 0.25) is 0 Å². The summed E-state index contributed by atoms with van der Waals surface area (Å²) in [5, 5.41) is 3.05. The summed E-state index contributed by atoms with van der Waals surface area (Å²) in [4.78, 5) is 20.9. The maximum atomic E-state index is 12.5. The number of rotatable bonds is 3. The van der Waals surface area contributed by atoms with E-state index < -0.39 is 0 Å². The third-order valence-electron chi connectivity index (χ3n) is 3.78. The molecule has 1 aromatic rings. The standard InChI is InChI=1S/C14H22N4O/c1-4-17-7-8-18(10-11(17)2)14(19)12-9-16-6-5-13(12)15-3/h5-6,9,11H,4,7-8,10H2,1-3H3,(H,15,16). The molecule has 0 radical (unpaired) electrons. The third-order valence-corrected chi connectivity index (χ3v) is 3.78. The van der Waals surface area contributed by atoms with Crippen molar-refractivity contribution in [1.29, 1.82) is 0 Å². The van der Waals surface area contributed by atoms with E-state index in [4.69, 9.17) is 0 Å². The van der Waals surface area contributed by atoms with Gasteiger partial charge in [0.2, 0.25) is 0 Å². The Morgan fingerprint density at radius 3 is 2.95 bits per heavy atom. The van der Waals surface area contributed by atoms with E-state index in [1.54, 1.807) is 12.4 Å².